The first kappa shape index (κ1) is 16.0. The van der Waals surface area contributed by atoms with E-state index < -0.39 is 0 Å². The summed E-state index contributed by atoms with van der Waals surface area (Å²) in [6, 6.07) is 9.94. The van der Waals surface area contributed by atoms with Crippen LogP contribution in [0.25, 0.3) is 5.82 Å². The lowest BCUT2D eigenvalue weighted by Crippen LogP contribution is -2.11. The number of hydrogen-bond acceptors (Lipinski definition) is 5. The van der Waals surface area contributed by atoms with E-state index in [4.69, 9.17) is 0 Å². The summed E-state index contributed by atoms with van der Waals surface area (Å²) in [5.74, 6) is 1.67. The van der Waals surface area contributed by atoms with Crippen molar-refractivity contribution in [3.8, 4) is 5.82 Å². The van der Waals surface area contributed by atoms with Crippen LogP contribution in [0, 0.1) is 6.92 Å². The van der Waals surface area contributed by atoms with Gasteiger partial charge in [0.2, 0.25) is 0 Å². The lowest BCUT2D eigenvalue weighted by Gasteiger charge is -2.16. The van der Waals surface area contributed by atoms with Crippen molar-refractivity contribution in [2.75, 3.05) is 24.3 Å². The smallest absolute Gasteiger partial charge is 0.153 e. The lowest BCUT2D eigenvalue weighted by molar-refractivity contribution is 0.805. The maximum atomic E-state index is 4.47. The van der Waals surface area contributed by atoms with Crippen molar-refractivity contribution in [1.29, 1.82) is 0 Å². The minimum absolute atomic E-state index is 0.0974. The van der Waals surface area contributed by atoms with Gasteiger partial charge in [0.05, 0.1) is 24.1 Å². The second-order valence-corrected chi connectivity index (χ2v) is 5.95. The first-order chi connectivity index (χ1) is 11.6. The zero-order valence-electron chi connectivity index (χ0n) is 14.4. The molecular weight excluding hydrogens is 300 g/mol. The third-order valence-corrected chi connectivity index (χ3v) is 4.01. The van der Waals surface area contributed by atoms with Gasteiger partial charge in [-0.1, -0.05) is 6.07 Å². The van der Waals surface area contributed by atoms with Crippen molar-refractivity contribution in [3.05, 3.63) is 60.2 Å². The van der Waals surface area contributed by atoms with Gasteiger partial charge in [-0.25, -0.2) is 14.6 Å². The molecule has 0 radical (unpaired) electrons. The first-order valence-electron chi connectivity index (χ1n) is 7.92. The van der Waals surface area contributed by atoms with E-state index >= 15 is 0 Å². The molecule has 0 aliphatic heterocycles. The van der Waals surface area contributed by atoms with Crippen molar-refractivity contribution >= 4 is 11.5 Å². The molecule has 3 heterocycles. The van der Waals surface area contributed by atoms with Crippen molar-refractivity contribution in [2.45, 2.75) is 19.9 Å². The van der Waals surface area contributed by atoms with Gasteiger partial charge >= 0.3 is 0 Å². The number of nitrogens with one attached hydrogen (secondary N) is 1. The van der Waals surface area contributed by atoms with Gasteiger partial charge in [-0.2, -0.15) is 5.10 Å². The Kier molecular flexibility index (Phi) is 4.46. The van der Waals surface area contributed by atoms with Crippen LogP contribution in [0.5, 0.6) is 0 Å². The number of hydrogen-bond donors (Lipinski definition) is 1. The molecule has 6 nitrogen and oxygen atoms in total. The summed E-state index contributed by atoms with van der Waals surface area (Å²) in [5.41, 5.74) is 3.27. The Balaban J connectivity index is 1.78. The van der Waals surface area contributed by atoms with Crippen LogP contribution in [0.3, 0.4) is 0 Å². The molecule has 6 heteroatoms. The monoisotopic (exact) mass is 322 g/mol. The molecular formula is C18H22N6. The molecule has 0 aromatic carbocycles. The van der Waals surface area contributed by atoms with Crippen LogP contribution < -0.4 is 10.2 Å². The molecule has 0 spiro atoms. The Morgan fingerprint density at radius 3 is 2.54 bits per heavy atom. The topological polar surface area (TPSA) is 58.9 Å². The number of pyridine rings is 2. The van der Waals surface area contributed by atoms with Crippen LogP contribution in [-0.2, 0) is 0 Å². The van der Waals surface area contributed by atoms with Gasteiger partial charge in [0.25, 0.3) is 0 Å². The Morgan fingerprint density at radius 1 is 1.08 bits per heavy atom. The van der Waals surface area contributed by atoms with Gasteiger partial charge in [0.15, 0.2) is 5.82 Å². The fourth-order valence-electron chi connectivity index (χ4n) is 2.59. The van der Waals surface area contributed by atoms with Gasteiger partial charge in [-0.05, 0) is 38.1 Å². The standard InChI is InChI=1S/C18H22N6/c1-13(22-17-9-8-15(11-20-17)23(3)4)16-12-21-24(14(16)2)18-7-5-6-10-19-18/h5-13H,1-4H3,(H,20,22)/t13-/m1/s1. The summed E-state index contributed by atoms with van der Waals surface area (Å²) in [6.45, 7) is 4.16. The maximum Gasteiger partial charge on any atom is 0.153 e. The molecule has 0 saturated heterocycles. The Hall–Kier alpha value is -2.89. The molecule has 0 unspecified atom stereocenters. The highest BCUT2D eigenvalue weighted by atomic mass is 15.3. The zero-order valence-corrected chi connectivity index (χ0v) is 14.4. The van der Waals surface area contributed by atoms with E-state index in [1.54, 1.807) is 6.20 Å². The summed E-state index contributed by atoms with van der Waals surface area (Å²) >= 11 is 0. The van der Waals surface area contributed by atoms with Crippen molar-refractivity contribution in [1.82, 2.24) is 19.7 Å². The van der Waals surface area contributed by atoms with E-state index in [9.17, 15) is 0 Å². The van der Waals surface area contributed by atoms with Crippen LogP contribution >= 0.6 is 0 Å². The molecule has 0 saturated carbocycles. The molecule has 3 aromatic heterocycles. The molecule has 0 amide bonds. The second kappa shape index (κ2) is 6.70. The quantitative estimate of drug-likeness (QED) is 0.781. The Morgan fingerprint density at radius 2 is 1.92 bits per heavy atom. The van der Waals surface area contributed by atoms with Gasteiger partial charge in [0.1, 0.15) is 5.82 Å². The number of anilines is 2. The average molecular weight is 322 g/mol. The van der Waals surface area contributed by atoms with E-state index in [-0.39, 0.29) is 6.04 Å². The number of aromatic nitrogens is 4. The van der Waals surface area contributed by atoms with E-state index in [0.29, 0.717) is 0 Å². The SMILES string of the molecule is Cc1c([C@@H](C)Nc2ccc(N(C)C)cn2)cnn1-c1ccccn1. The summed E-state index contributed by atoms with van der Waals surface area (Å²) in [6.07, 6.45) is 5.52. The third kappa shape index (κ3) is 3.22. The number of rotatable bonds is 5. The normalized spacial score (nSPS) is 12.0. The lowest BCUT2D eigenvalue weighted by atomic mass is 10.1. The Labute approximate surface area is 142 Å². The highest BCUT2D eigenvalue weighted by Gasteiger charge is 2.15. The molecule has 1 N–H and O–H groups in total. The molecule has 124 valence electrons. The highest BCUT2D eigenvalue weighted by molar-refractivity contribution is 5.49. The maximum absolute atomic E-state index is 4.47. The molecule has 3 rings (SSSR count). The van der Waals surface area contributed by atoms with Gasteiger partial charge in [-0.3, -0.25) is 0 Å². The van der Waals surface area contributed by atoms with E-state index in [2.05, 4.69) is 34.2 Å². The molecule has 24 heavy (non-hydrogen) atoms. The molecule has 0 aliphatic carbocycles. The summed E-state index contributed by atoms with van der Waals surface area (Å²) in [4.78, 5) is 10.9. The van der Waals surface area contributed by atoms with Crippen LogP contribution in [0.4, 0.5) is 11.5 Å². The predicted molar refractivity (Wildman–Crippen MR) is 96.7 cm³/mol. The van der Waals surface area contributed by atoms with Gasteiger partial charge in [0, 0.05) is 31.5 Å². The van der Waals surface area contributed by atoms with Crippen molar-refractivity contribution in [3.63, 3.8) is 0 Å². The summed E-state index contributed by atoms with van der Waals surface area (Å²) in [5, 5.41) is 7.90. The third-order valence-electron chi connectivity index (χ3n) is 4.01. The Bertz CT molecular complexity index is 792. The van der Waals surface area contributed by atoms with Crippen LogP contribution in [-0.4, -0.2) is 33.8 Å². The largest absolute Gasteiger partial charge is 0.376 e. The fourth-order valence-corrected chi connectivity index (χ4v) is 2.59. The average Bonchev–Trinajstić information content (AvgIpc) is 2.98. The van der Waals surface area contributed by atoms with E-state index in [0.717, 1.165) is 28.6 Å². The molecule has 1 atom stereocenters. The van der Waals surface area contributed by atoms with Crippen LogP contribution in [0.2, 0.25) is 0 Å². The fraction of sp³-hybridized carbons (Fsp3) is 0.278. The predicted octanol–water partition coefficient (Wildman–Crippen LogP) is 3.21. The summed E-state index contributed by atoms with van der Waals surface area (Å²) in [7, 11) is 4.00. The second-order valence-electron chi connectivity index (χ2n) is 5.95. The van der Waals surface area contributed by atoms with Crippen LogP contribution in [0.15, 0.2) is 48.9 Å². The van der Waals surface area contributed by atoms with Gasteiger partial charge < -0.3 is 10.2 Å². The molecule has 3 aromatic rings. The first-order valence-corrected chi connectivity index (χ1v) is 7.92. The minimum atomic E-state index is 0.0974. The minimum Gasteiger partial charge on any atom is -0.376 e. The van der Waals surface area contributed by atoms with E-state index in [1.807, 2.05) is 66.4 Å². The zero-order chi connectivity index (χ0) is 17.1. The molecule has 0 aliphatic rings. The summed E-state index contributed by atoms with van der Waals surface area (Å²) < 4.78 is 1.86. The van der Waals surface area contributed by atoms with E-state index in [1.165, 1.54) is 0 Å². The van der Waals surface area contributed by atoms with Crippen LogP contribution in [0.1, 0.15) is 24.2 Å². The van der Waals surface area contributed by atoms with Crippen molar-refractivity contribution < 1.29 is 0 Å². The number of nitrogens with zero attached hydrogens (tertiary/aromatic N) is 5. The van der Waals surface area contributed by atoms with Gasteiger partial charge in [-0.15, -0.1) is 0 Å². The molecule has 0 fully saturated rings. The van der Waals surface area contributed by atoms with Crippen molar-refractivity contribution in [2.24, 2.45) is 0 Å². The molecule has 0 bridgehead atoms. The highest BCUT2D eigenvalue weighted by Crippen LogP contribution is 2.23.